The molecule has 0 unspecified atom stereocenters. The number of aryl methyl sites for hydroxylation is 2. The Hall–Kier alpha value is -3.87. The van der Waals surface area contributed by atoms with Crippen LogP contribution in [-0.4, -0.2) is 41.8 Å². The van der Waals surface area contributed by atoms with Gasteiger partial charge >= 0.3 is 6.18 Å². The first-order valence-electron chi connectivity index (χ1n) is 12.0. The Balaban J connectivity index is 2.10. The number of benzene rings is 2. The van der Waals surface area contributed by atoms with Gasteiger partial charge in [-0.25, -0.2) is 0 Å². The number of aromatic amines is 1. The number of nitrogens with zero attached hydrogens (tertiary/aromatic N) is 2. The van der Waals surface area contributed by atoms with Crippen LogP contribution in [0.3, 0.4) is 0 Å². The summed E-state index contributed by atoms with van der Waals surface area (Å²) in [5, 5.41) is 0. The summed E-state index contributed by atoms with van der Waals surface area (Å²) in [6, 6.07) is 15.7. The summed E-state index contributed by atoms with van der Waals surface area (Å²) in [6.07, 6.45) is -4.53. The van der Waals surface area contributed by atoms with Crippen molar-refractivity contribution >= 4 is 17.2 Å². The summed E-state index contributed by atoms with van der Waals surface area (Å²) in [5.41, 5.74) is 6.06. The van der Waals surface area contributed by atoms with Crippen molar-refractivity contribution < 1.29 is 18.0 Å². The van der Waals surface area contributed by atoms with Crippen LogP contribution >= 0.6 is 0 Å². The summed E-state index contributed by atoms with van der Waals surface area (Å²) in [5.74, 6) is -0.175. The second-order valence-electron chi connectivity index (χ2n) is 9.64. The molecule has 0 atom stereocenters. The van der Waals surface area contributed by atoms with Crippen LogP contribution in [0.5, 0.6) is 0 Å². The lowest BCUT2D eigenvalue weighted by atomic mass is 9.89. The zero-order valence-corrected chi connectivity index (χ0v) is 22.1. The largest absolute Gasteiger partial charge is 0.418 e. The molecule has 1 aliphatic rings. The molecule has 192 valence electrons. The SMILES string of the molecule is CC1=NC(=C(c2cc(-c3ccccc3)ccc2C)c2[nH]c(C)c(C(=O)N(C)C)c2C)C(C)=C1C(F)(F)F. The number of hydrogen-bond acceptors (Lipinski definition) is 2. The molecule has 4 rings (SSSR count). The van der Waals surface area contributed by atoms with Gasteiger partial charge in [-0.2, -0.15) is 13.2 Å². The molecule has 0 bridgehead atoms. The molecule has 0 saturated carbocycles. The van der Waals surface area contributed by atoms with Crippen molar-refractivity contribution in [2.24, 2.45) is 4.99 Å². The number of carbonyl (C=O) groups is 1. The summed E-state index contributed by atoms with van der Waals surface area (Å²) in [7, 11) is 3.35. The molecule has 7 heteroatoms. The maximum atomic E-state index is 14.0. The van der Waals surface area contributed by atoms with Gasteiger partial charge in [0.2, 0.25) is 0 Å². The number of nitrogens with one attached hydrogen (secondary N) is 1. The van der Waals surface area contributed by atoms with E-state index in [4.69, 9.17) is 0 Å². The van der Waals surface area contributed by atoms with Gasteiger partial charge in [-0.1, -0.05) is 42.5 Å². The molecule has 0 spiro atoms. The number of aromatic nitrogens is 1. The molecule has 0 aliphatic carbocycles. The molecule has 0 saturated heterocycles. The molecule has 1 N–H and O–H groups in total. The van der Waals surface area contributed by atoms with E-state index >= 15 is 0 Å². The van der Waals surface area contributed by atoms with E-state index in [9.17, 15) is 18.0 Å². The van der Waals surface area contributed by atoms with Crippen molar-refractivity contribution in [3.05, 3.63) is 99.0 Å². The number of hydrogen-bond donors (Lipinski definition) is 1. The standard InChI is InChI=1S/C30H30F3N3O/c1-16-13-14-22(21-11-9-8-10-12-21)15-23(16)25(28-18(3)26(20(5)35-28)30(31,32)33)27-17(2)24(19(4)34-27)29(37)36(6)7/h8-15,34H,1-7H3. The number of allylic oxidation sites excluding steroid dienone is 2. The van der Waals surface area contributed by atoms with Gasteiger partial charge in [0.05, 0.1) is 28.2 Å². The van der Waals surface area contributed by atoms with Crippen molar-refractivity contribution in [2.75, 3.05) is 14.1 Å². The molecule has 2 aromatic carbocycles. The quantitative estimate of drug-likeness (QED) is 0.394. The molecule has 1 aromatic heterocycles. The van der Waals surface area contributed by atoms with Crippen LogP contribution in [0.15, 0.2) is 70.4 Å². The van der Waals surface area contributed by atoms with E-state index < -0.39 is 11.7 Å². The molecule has 0 radical (unpaired) electrons. The predicted molar refractivity (Wildman–Crippen MR) is 143 cm³/mol. The van der Waals surface area contributed by atoms with Gasteiger partial charge in [0.1, 0.15) is 0 Å². The number of H-pyrrole nitrogens is 1. The number of alkyl halides is 3. The van der Waals surface area contributed by atoms with Gasteiger partial charge in [0, 0.05) is 25.4 Å². The molecular weight excluding hydrogens is 475 g/mol. The van der Waals surface area contributed by atoms with E-state index in [1.165, 1.54) is 18.7 Å². The molecule has 3 aromatic rings. The van der Waals surface area contributed by atoms with Gasteiger partial charge < -0.3 is 9.88 Å². The lowest BCUT2D eigenvalue weighted by Crippen LogP contribution is -2.22. The monoisotopic (exact) mass is 505 g/mol. The molecule has 0 fully saturated rings. The molecule has 2 heterocycles. The number of halogens is 3. The van der Waals surface area contributed by atoms with E-state index in [1.54, 1.807) is 21.0 Å². The minimum Gasteiger partial charge on any atom is -0.358 e. The highest BCUT2D eigenvalue weighted by molar-refractivity contribution is 6.07. The first-order valence-corrected chi connectivity index (χ1v) is 12.0. The molecular formula is C30H30F3N3O. The highest BCUT2D eigenvalue weighted by Crippen LogP contribution is 2.43. The molecule has 4 nitrogen and oxygen atoms in total. The van der Waals surface area contributed by atoms with Crippen LogP contribution in [0.1, 0.15) is 52.3 Å². The zero-order valence-electron chi connectivity index (χ0n) is 22.1. The Morgan fingerprint density at radius 3 is 2.14 bits per heavy atom. The maximum Gasteiger partial charge on any atom is 0.418 e. The Morgan fingerprint density at radius 2 is 1.57 bits per heavy atom. The van der Waals surface area contributed by atoms with Crippen molar-refractivity contribution in [2.45, 2.75) is 40.8 Å². The zero-order chi connectivity index (χ0) is 27.2. The van der Waals surface area contributed by atoms with Crippen LogP contribution in [0, 0.1) is 20.8 Å². The van der Waals surface area contributed by atoms with Crippen LogP contribution in [0.2, 0.25) is 0 Å². The van der Waals surface area contributed by atoms with Crippen LogP contribution in [0.4, 0.5) is 13.2 Å². The number of carbonyl (C=O) groups excluding carboxylic acids is 1. The topological polar surface area (TPSA) is 48.5 Å². The van der Waals surface area contributed by atoms with Gasteiger partial charge in [0.15, 0.2) is 0 Å². The highest BCUT2D eigenvalue weighted by Gasteiger charge is 2.41. The summed E-state index contributed by atoms with van der Waals surface area (Å²) in [4.78, 5) is 22.3. The lowest BCUT2D eigenvalue weighted by Gasteiger charge is -2.17. The van der Waals surface area contributed by atoms with E-state index in [1.807, 2.05) is 62.4 Å². The summed E-state index contributed by atoms with van der Waals surface area (Å²) in [6.45, 7) is 8.40. The number of amides is 1. The Labute approximate surface area is 215 Å². The molecule has 1 aliphatic heterocycles. The van der Waals surface area contributed by atoms with Crippen molar-refractivity contribution in [1.82, 2.24) is 9.88 Å². The minimum absolute atomic E-state index is 0.0663. The average Bonchev–Trinajstić information content (AvgIpc) is 3.29. The van der Waals surface area contributed by atoms with E-state index in [-0.39, 0.29) is 22.9 Å². The smallest absolute Gasteiger partial charge is 0.358 e. The van der Waals surface area contributed by atoms with Crippen molar-refractivity contribution in [1.29, 1.82) is 0 Å². The van der Waals surface area contributed by atoms with Gasteiger partial charge in [-0.15, -0.1) is 0 Å². The third-order valence-corrected chi connectivity index (χ3v) is 6.81. The van der Waals surface area contributed by atoms with Crippen molar-refractivity contribution in [3.63, 3.8) is 0 Å². The van der Waals surface area contributed by atoms with E-state index in [0.29, 0.717) is 28.1 Å². The normalized spacial score (nSPS) is 15.2. The Morgan fingerprint density at radius 1 is 0.919 bits per heavy atom. The minimum atomic E-state index is -4.53. The molecule has 1 amide bonds. The third kappa shape index (κ3) is 4.66. The van der Waals surface area contributed by atoms with Crippen LogP contribution in [-0.2, 0) is 0 Å². The summed E-state index contributed by atoms with van der Waals surface area (Å²) < 4.78 is 42.0. The van der Waals surface area contributed by atoms with E-state index in [2.05, 4.69) is 9.98 Å². The van der Waals surface area contributed by atoms with E-state index in [0.717, 1.165) is 22.3 Å². The van der Waals surface area contributed by atoms with Gasteiger partial charge in [0.25, 0.3) is 5.91 Å². The fraction of sp³-hybridized carbons (Fsp3) is 0.267. The second-order valence-corrected chi connectivity index (χ2v) is 9.64. The summed E-state index contributed by atoms with van der Waals surface area (Å²) >= 11 is 0. The first kappa shape index (κ1) is 26.2. The van der Waals surface area contributed by atoms with Gasteiger partial charge in [-0.05, 0) is 74.1 Å². The Kier molecular flexibility index (Phi) is 6.76. The third-order valence-electron chi connectivity index (χ3n) is 6.81. The van der Waals surface area contributed by atoms with Crippen LogP contribution in [0.25, 0.3) is 16.7 Å². The fourth-order valence-electron chi connectivity index (χ4n) is 4.98. The Bertz CT molecular complexity index is 1490. The lowest BCUT2D eigenvalue weighted by molar-refractivity contribution is -0.0864. The van der Waals surface area contributed by atoms with Crippen LogP contribution < -0.4 is 0 Å². The molecule has 37 heavy (non-hydrogen) atoms. The fourth-order valence-corrected chi connectivity index (χ4v) is 4.98. The maximum absolute atomic E-state index is 14.0. The van der Waals surface area contributed by atoms with Gasteiger partial charge in [-0.3, -0.25) is 9.79 Å². The number of rotatable bonds is 4. The first-order chi connectivity index (χ1) is 17.3. The number of aliphatic imine (C=N–C) groups is 1. The van der Waals surface area contributed by atoms with Crippen molar-refractivity contribution in [3.8, 4) is 11.1 Å². The average molecular weight is 506 g/mol. The predicted octanol–water partition coefficient (Wildman–Crippen LogP) is 7.42. The second kappa shape index (κ2) is 9.54. The highest BCUT2D eigenvalue weighted by atomic mass is 19.4.